The van der Waals surface area contributed by atoms with Crippen molar-refractivity contribution in [1.29, 1.82) is 0 Å². The first kappa shape index (κ1) is 19.6. The maximum absolute atomic E-state index is 12.2. The van der Waals surface area contributed by atoms with E-state index in [0.717, 1.165) is 5.69 Å². The Morgan fingerprint density at radius 3 is 2.63 bits per heavy atom. The molecule has 10 heteroatoms. The van der Waals surface area contributed by atoms with Crippen molar-refractivity contribution >= 4 is 33.1 Å². The van der Waals surface area contributed by atoms with Gasteiger partial charge in [0.1, 0.15) is 16.3 Å². The number of nitro benzene ring substituents is 1. The van der Waals surface area contributed by atoms with E-state index >= 15 is 0 Å². The molecule has 0 fully saturated rings. The highest BCUT2D eigenvalue weighted by atomic mass is 32.1. The average Bonchev–Trinajstić information content (AvgIpc) is 3.22. The molecule has 3 aromatic heterocycles. The first-order chi connectivity index (χ1) is 14.4. The summed E-state index contributed by atoms with van der Waals surface area (Å²) in [5.74, 6) is 1.70. The van der Waals surface area contributed by atoms with Gasteiger partial charge in [-0.3, -0.25) is 14.9 Å². The predicted octanol–water partition coefficient (Wildman–Crippen LogP) is 3.55. The molecule has 0 aliphatic rings. The number of fused-ring (bicyclic) bond motifs is 1. The summed E-state index contributed by atoms with van der Waals surface area (Å²) in [6.07, 6.45) is 0.708. The molecule has 0 unspecified atom stereocenters. The van der Waals surface area contributed by atoms with E-state index in [0.29, 0.717) is 46.2 Å². The number of nitrogens with one attached hydrogen (secondary N) is 1. The van der Waals surface area contributed by atoms with Gasteiger partial charge in [-0.1, -0.05) is 6.92 Å². The van der Waals surface area contributed by atoms with Crippen LogP contribution >= 0.6 is 11.3 Å². The van der Waals surface area contributed by atoms with Gasteiger partial charge in [0.2, 0.25) is 0 Å². The normalized spacial score (nSPS) is 11.0. The summed E-state index contributed by atoms with van der Waals surface area (Å²) < 4.78 is 0.608. The summed E-state index contributed by atoms with van der Waals surface area (Å²) in [6, 6.07) is 9.86. The Bertz CT molecular complexity index is 1280. The minimum absolute atomic E-state index is 0.0154. The van der Waals surface area contributed by atoms with E-state index in [9.17, 15) is 14.9 Å². The molecule has 0 aliphatic carbocycles. The van der Waals surface area contributed by atoms with Gasteiger partial charge in [-0.05, 0) is 30.0 Å². The molecule has 0 radical (unpaired) electrons. The van der Waals surface area contributed by atoms with Crippen molar-refractivity contribution in [1.82, 2.24) is 19.9 Å². The summed E-state index contributed by atoms with van der Waals surface area (Å²) in [5.41, 5.74) is 2.07. The zero-order valence-electron chi connectivity index (χ0n) is 16.3. The topological polar surface area (TPSA) is 118 Å². The second-order valence-corrected chi connectivity index (χ2v) is 7.62. The molecule has 4 aromatic rings. The van der Waals surface area contributed by atoms with Crippen molar-refractivity contribution in [2.24, 2.45) is 0 Å². The number of hydrogen-bond donors (Lipinski definition) is 1. The zero-order chi connectivity index (χ0) is 21.3. The van der Waals surface area contributed by atoms with Crippen molar-refractivity contribution in [3.05, 3.63) is 73.8 Å². The van der Waals surface area contributed by atoms with Gasteiger partial charge >= 0.3 is 0 Å². The van der Waals surface area contributed by atoms with E-state index in [2.05, 4.69) is 19.9 Å². The van der Waals surface area contributed by atoms with E-state index in [1.807, 2.05) is 36.4 Å². The number of aromatic nitrogens is 4. The SMILES string of the molecule is CCc1cc(N(C)Cc2nc3ccsc3c(=O)[nH]2)nc(-c2ccc([N+](=O)[O-])cc2)n1. The highest BCUT2D eigenvalue weighted by Crippen LogP contribution is 2.23. The summed E-state index contributed by atoms with van der Waals surface area (Å²) >= 11 is 1.36. The first-order valence-electron chi connectivity index (χ1n) is 9.25. The fraction of sp³-hybridized carbons (Fsp3) is 0.200. The number of nitrogens with zero attached hydrogens (tertiary/aromatic N) is 5. The molecule has 0 bridgehead atoms. The Morgan fingerprint density at radius 2 is 1.93 bits per heavy atom. The number of non-ortho nitro benzene ring substituents is 1. The lowest BCUT2D eigenvalue weighted by atomic mass is 10.2. The summed E-state index contributed by atoms with van der Waals surface area (Å²) in [6.45, 7) is 2.36. The number of benzene rings is 1. The molecule has 30 heavy (non-hydrogen) atoms. The third kappa shape index (κ3) is 3.90. The van der Waals surface area contributed by atoms with E-state index < -0.39 is 4.92 Å². The molecule has 0 spiro atoms. The summed E-state index contributed by atoms with van der Waals surface area (Å²) in [5, 5.41) is 12.7. The van der Waals surface area contributed by atoms with Crippen LogP contribution < -0.4 is 10.5 Å². The monoisotopic (exact) mass is 422 g/mol. The third-order valence-electron chi connectivity index (χ3n) is 4.61. The molecule has 0 saturated carbocycles. The second-order valence-electron chi connectivity index (χ2n) is 6.70. The number of aryl methyl sites for hydroxylation is 1. The highest BCUT2D eigenvalue weighted by Gasteiger charge is 2.13. The average molecular weight is 422 g/mol. The minimum atomic E-state index is -0.440. The Balaban J connectivity index is 1.66. The van der Waals surface area contributed by atoms with Gasteiger partial charge in [0.25, 0.3) is 11.2 Å². The van der Waals surface area contributed by atoms with Crippen LogP contribution in [0.25, 0.3) is 21.6 Å². The highest BCUT2D eigenvalue weighted by molar-refractivity contribution is 7.17. The van der Waals surface area contributed by atoms with Gasteiger partial charge in [0.05, 0.1) is 17.0 Å². The Morgan fingerprint density at radius 1 is 1.17 bits per heavy atom. The lowest BCUT2D eigenvalue weighted by Gasteiger charge is -2.19. The summed E-state index contributed by atoms with van der Waals surface area (Å²) in [7, 11) is 1.86. The molecule has 0 amide bonds. The van der Waals surface area contributed by atoms with Crippen LogP contribution in [0.2, 0.25) is 0 Å². The number of hydrogen-bond acceptors (Lipinski definition) is 8. The maximum Gasteiger partial charge on any atom is 0.269 e. The Kier molecular flexibility index (Phi) is 5.23. The van der Waals surface area contributed by atoms with Crippen molar-refractivity contribution in [3.63, 3.8) is 0 Å². The van der Waals surface area contributed by atoms with Crippen LogP contribution in [0.3, 0.4) is 0 Å². The number of aromatic amines is 1. The van der Waals surface area contributed by atoms with Gasteiger partial charge in [-0.15, -0.1) is 11.3 Å². The smallest absolute Gasteiger partial charge is 0.269 e. The van der Waals surface area contributed by atoms with Crippen molar-refractivity contribution in [2.45, 2.75) is 19.9 Å². The van der Waals surface area contributed by atoms with Crippen LogP contribution in [0.1, 0.15) is 18.4 Å². The summed E-state index contributed by atoms with van der Waals surface area (Å²) in [4.78, 5) is 41.1. The van der Waals surface area contributed by atoms with Gasteiger partial charge < -0.3 is 9.88 Å². The van der Waals surface area contributed by atoms with Crippen molar-refractivity contribution < 1.29 is 4.92 Å². The van der Waals surface area contributed by atoms with Crippen LogP contribution in [-0.4, -0.2) is 31.9 Å². The van der Waals surface area contributed by atoms with Gasteiger partial charge in [0.15, 0.2) is 5.82 Å². The molecule has 3 heterocycles. The number of thiophene rings is 1. The molecule has 152 valence electrons. The molecule has 1 aromatic carbocycles. The first-order valence-corrected chi connectivity index (χ1v) is 10.1. The molecule has 1 N–H and O–H groups in total. The third-order valence-corrected chi connectivity index (χ3v) is 5.51. The lowest BCUT2D eigenvalue weighted by molar-refractivity contribution is -0.384. The lowest BCUT2D eigenvalue weighted by Crippen LogP contribution is -2.22. The number of nitro groups is 1. The fourth-order valence-electron chi connectivity index (χ4n) is 3.02. The largest absolute Gasteiger partial charge is 0.352 e. The van der Waals surface area contributed by atoms with E-state index in [-0.39, 0.29) is 11.2 Å². The predicted molar refractivity (Wildman–Crippen MR) is 116 cm³/mol. The van der Waals surface area contributed by atoms with Crippen LogP contribution in [0.15, 0.2) is 46.6 Å². The van der Waals surface area contributed by atoms with E-state index in [1.165, 1.54) is 23.5 Å². The fourth-order valence-corrected chi connectivity index (χ4v) is 3.75. The number of H-pyrrole nitrogens is 1. The van der Waals surface area contributed by atoms with E-state index in [1.54, 1.807) is 12.1 Å². The standard InChI is InChI=1S/C20H18N6O3S/c1-3-13-10-17(24-19(21-13)12-4-6-14(7-5-12)26(28)29)25(2)11-16-22-15-8-9-30-18(15)20(27)23-16/h4-10H,3,11H2,1-2H3,(H,22,23,27). The van der Waals surface area contributed by atoms with E-state index in [4.69, 9.17) is 0 Å². The van der Waals surface area contributed by atoms with Crippen molar-refractivity contribution in [3.8, 4) is 11.4 Å². The Hall–Kier alpha value is -3.66. The van der Waals surface area contributed by atoms with Gasteiger partial charge in [-0.25, -0.2) is 15.0 Å². The molecular formula is C20H18N6O3S. The second kappa shape index (κ2) is 7.99. The number of rotatable bonds is 6. The van der Waals surface area contributed by atoms with Crippen molar-refractivity contribution in [2.75, 3.05) is 11.9 Å². The number of anilines is 1. The molecule has 4 rings (SSSR count). The zero-order valence-corrected chi connectivity index (χ0v) is 17.1. The van der Waals surface area contributed by atoms with Crippen LogP contribution in [0.4, 0.5) is 11.5 Å². The molecular weight excluding hydrogens is 404 g/mol. The van der Waals surface area contributed by atoms with Gasteiger partial charge in [0, 0.05) is 36.5 Å². The molecule has 0 aliphatic heterocycles. The molecule has 9 nitrogen and oxygen atoms in total. The molecule has 0 saturated heterocycles. The van der Waals surface area contributed by atoms with Crippen LogP contribution in [-0.2, 0) is 13.0 Å². The van der Waals surface area contributed by atoms with Crippen LogP contribution in [0, 0.1) is 10.1 Å². The quantitative estimate of drug-likeness (QED) is 0.373. The van der Waals surface area contributed by atoms with Crippen LogP contribution in [0.5, 0.6) is 0 Å². The van der Waals surface area contributed by atoms with Gasteiger partial charge in [-0.2, -0.15) is 0 Å². The maximum atomic E-state index is 12.2. The minimum Gasteiger partial charge on any atom is -0.352 e. The Labute approximate surface area is 175 Å². The molecule has 0 atom stereocenters.